The first kappa shape index (κ1) is 14.5. The van der Waals surface area contributed by atoms with Crippen LogP contribution in [0.5, 0.6) is 17.2 Å². The fourth-order valence-corrected chi connectivity index (χ4v) is 2.04. The number of phenolic OH excluding ortho intramolecular Hbond substituents is 1. The van der Waals surface area contributed by atoms with Gasteiger partial charge in [-0.15, -0.1) is 0 Å². The van der Waals surface area contributed by atoms with Crippen molar-refractivity contribution in [2.75, 3.05) is 7.11 Å². The fourth-order valence-electron chi connectivity index (χ4n) is 1.75. The largest absolute Gasteiger partial charge is 0.508 e. The second-order valence-corrected chi connectivity index (χ2v) is 4.63. The van der Waals surface area contributed by atoms with Crippen LogP contribution in [0.25, 0.3) is 0 Å². The molecule has 0 radical (unpaired) electrons. The third-order valence-corrected chi connectivity index (χ3v) is 3.07. The molecule has 0 aromatic heterocycles. The number of benzene rings is 2. The van der Waals surface area contributed by atoms with E-state index in [9.17, 15) is 5.11 Å². The summed E-state index contributed by atoms with van der Waals surface area (Å²) < 4.78 is 10.9. The molecule has 0 aliphatic rings. The van der Waals surface area contributed by atoms with Crippen molar-refractivity contribution >= 4 is 11.6 Å². The van der Waals surface area contributed by atoms with Gasteiger partial charge in [0.15, 0.2) is 11.5 Å². The highest BCUT2D eigenvalue weighted by atomic mass is 35.5. The van der Waals surface area contributed by atoms with Gasteiger partial charge in [-0.05, 0) is 35.4 Å². The van der Waals surface area contributed by atoms with E-state index >= 15 is 0 Å². The zero-order chi connectivity index (χ0) is 14.5. The average molecular weight is 295 g/mol. The molecular formula is C15H15ClO4. The first-order chi connectivity index (χ1) is 9.63. The van der Waals surface area contributed by atoms with E-state index in [-0.39, 0.29) is 12.4 Å². The summed E-state index contributed by atoms with van der Waals surface area (Å²) >= 11 is 6.13. The van der Waals surface area contributed by atoms with Crippen molar-refractivity contribution < 1.29 is 19.7 Å². The molecule has 0 heterocycles. The number of aliphatic hydroxyl groups is 1. The van der Waals surface area contributed by atoms with Gasteiger partial charge < -0.3 is 19.7 Å². The molecule has 2 rings (SSSR count). The summed E-state index contributed by atoms with van der Waals surface area (Å²) in [7, 11) is 1.51. The van der Waals surface area contributed by atoms with E-state index in [1.54, 1.807) is 36.4 Å². The van der Waals surface area contributed by atoms with Gasteiger partial charge in [0, 0.05) is 0 Å². The topological polar surface area (TPSA) is 58.9 Å². The summed E-state index contributed by atoms with van der Waals surface area (Å²) in [6.07, 6.45) is 0. The van der Waals surface area contributed by atoms with Gasteiger partial charge in [0.25, 0.3) is 0 Å². The standard InChI is InChI=1S/C15H15ClO4/c1-19-14-7-11(8-17)6-13(16)15(14)20-9-10-2-4-12(18)5-3-10/h2-7,17-18H,8-9H2,1H3. The van der Waals surface area contributed by atoms with Crippen LogP contribution in [0, 0.1) is 0 Å². The molecule has 4 nitrogen and oxygen atoms in total. The van der Waals surface area contributed by atoms with Gasteiger partial charge in [0.2, 0.25) is 0 Å². The Labute approximate surface area is 122 Å². The highest BCUT2D eigenvalue weighted by Gasteiger charge is 2.12. The Hall–Kier alpha value is -1.91. The smallest absolute Gasteiger partial charge is 0.180 e. The summed E-state index contributed by atoms with van der Waals surface area (Å²) in [6, 6.07) is 10.0. The Morgan fingerprint density at radius 3 is 2.40 bits per heavy atom. The van der Waals surface area contributed by atoms with Crippen molar-refractivity contribution in [1.29, 1.82) is 0 Å². The number of hydrogen-bond donors (Lipinski definition) is 2. The number of halogens is 1. The summed E-state index contributed by atoms with van der Waals surface area (Å²) in [6.45, 7) is 0.184. The highest BCUT2D eigenvalue weighted by Crippen LogP contribution is 2.37. The Morgan fingerprint density at radius 1 is 1.10 bits per heavy atom. The van der Waals surface area contributed by atoms with Crippen molar-refractivity contribution in [3.63, 3.8) is 0 Å². The van der Waals surface area contributed by atoms with Crippen molar-refractivity contribution in [2.45, 2.75) is 13.2 Å². The third-order valence-electron chi connectivity index (χ3n) is 2.79. The lowest BCUT2D eigenvalue weighted by Crippen LogP contribution is -1.99. The number of methoxy groups -OCH3 is 1. The van der Waals surface area contributed by atoms with Gasteiger partial charge in [0.05, 0.1) is 18.7 Å². The maximum atomic E-state index is 9.22. The van der Waals surface area contributed by atoms with Gasteiger partial charge in [-0.1, -0.05) is 23.7 Å². The Balaban J connectivity index is 2.18. The monoisotopic (exact) mass is 294 g/mol. The fraction of sp³-hybridized carbons (Fsp3) is 0.200. The molecule has 0 unspecified atom stereocenters. The van der Waals surface area contributed by atoms with Gasteiger partial charge in [-0.3, -0.25) is 0 Å². The van der Waals surface area contributed by atoms with E-state index in [4.69, 9.17) is 26.2 Å². The van der Waals surface area contributed by atoms with E-state index < -0.39 is 0 Å². The molecule has 0 atom stereocenters. The van der Waals surface area contributed by atoms with E-state index in [1.165, 1.54) is 7.11 Å². The summed E-state index contributed by atoms with van der Waals surface area (Å²) in [5.74, 6) is 1.11. The highest BCUT2D eigenvalue weighted by molar-refractivity contribution is 6.32. The van der Waals surface area contributed by atoms with E-state index in [1.807, 2.05) is 0 Å². The molecule has 0 saturated heterocycles. The molecule has 0 bridgehead atoms. The Bertz CT molecular complexity index is 581. The van der Waals surface area contributed by atoms with Crippen LogP contribution in [0.2, 0.25) is 5.02 Å². The predicted molar refractivity (Wildman–Crippen MR) is 76.4 cm³/mol. The minimum Gasteiger partial charge on any atom is -0.508 e. The number of aliphatic hydroxyl groups excluding tert-OH is 1. The Morgan fingerprint density at radius 2 is 1.80 bits per heavy atom. The van der Waals surface area contributed by atoms with Crippen LogP contribution in [-0.4, -0.2) is 17.3 Å². The average Bonchev–Trinajstić information content (AvgIpc) is 2.47. The second-order valence-electron chi connectivity index (χ2n) is 4.22. The van der Waals surface area contributed by atoms with Gasteiger partial charge in [0.1, 0.15) is 12.4 Å². The van der Waals surface area contributed by atoms with Crippen LogP contribution in [0.1, 0.15) is 11.1 Å². The normalized spacial score (nSPS) is 10.3. The van der Waals surface area contributed by atoms with Crippen molar-refractivity contribution in [1.82, 2.24) is 0 Å². The molecule has 5 heteroatoms. The third kappa shape index (κ3) is 3.35. The molecule has 2 N–H and O–H groups in total. The molecule has 106 valence electrons. The lowest BCUT2D eigenvalue weighted by Gasteiger charge is -2.13. The molecule has 2 aromatic carbocycles. The van der Waals surface area contributed by atoms with Gasteiger partial charge in [-0.2, -0.15) is 0 Å². The Kier molecular flexibility index (Phi) is 4.71. The summed E-state index contributed by atoms with van der Waals surface area (Å²) in [4.78, 5) is 0. The van der Waals surface area contributed by atoms with Crippen molar-refractivity contribution in [2.24, 2.45) is 0 Å². The molecule has 0 spiro atoms. The first-order valence-electron chi connectivity index (χ1n) is 6.02. The zero-order valence-corrected chi connectivity index (χ0v) is 11.7. The number of ether oxygens (including phenoxy) is 2. The van der Waals surface area contributed by atoms with Crippen LogP contribution < -0.4 is 9.47 Å². The molecule has 0 fully saturated rings. The lowest BCUT2D eigenvalue weighted by atomic mass is 10.2. The summed E-state index contributed by atoms with van der Waals surface area (Å²) in [5.41, 5.74) is 1.55. The SMILES string of the molecule is COc1cc(CO)cc(Cl)c1OCc1ccc(O)cc1. The molecule has 0 aliphatic heterocycles. The van der Waals surface area contributed by atoms with E-state index in [0.717, 1.165) is 5.56 Å². The van der Waals surface area contributed by atoms with Crippen LogP contribution in [0.15, 0.2) is 36.4 Å². The second kappa shape index (κ2) is 6.50. The van der Waals surface area contributed by atoms with Gasteiger partial charge in [-0.25, -0.2) is 0 Å². The van der Waals surface area contributed by atoms with Crippen molar-refractivity contribution in [3.8, 4) is 17.2 Å². The minimum atomic E-state index is -0.117. The minimum absolute atomic E-state index is 0.117. The van der Waals surface area contributed by atoms with E-state index in [2.05, 4.69) is 0 Å². The van der Waals surface area contributed by atoms with Gasteiger partial charge >= 0.3 is 0 Å². The van der Waals surface area contributed by atoms with Crippen LogP contribution in [0.3, 0.4) is 0 Å². The molecule has 0 saturated carbocycles. The first-order valence-corrected chi connectivity index (χ1v) is 6.40. The summed E-state index contributed by atoms with van der Waals surface area (Å²) in [5, 5.41) is 18.7. The predicted octanol–water partition coefficient (Wildman–Crippen LogP) is 3.13. The maximum Gasteiger partial charge on any atom is 0.180 e. The van der Waals surface area contributed by atoms with Crippen LogP contribution in [0.4, 0.5) is 0 Å². The van der Waals surface area contributed by atoms with E-state index in [0.29, 0.717) is 28.7 Å². The molecule has 0 amide bonds. The maximum absolute atomic E-state index is 9.22. The van der Waals surface area contributed by atoms with Crippen LogP contribution in [-0.2, 0) is 13.2 Å². The molecule has 2 aromatic rings. The number of rotatable bonds is 5. The van der Waals surface area contributed by atoms with Crippen molar-refractivity contribution in [3.05, 3.63) is 52.5 Å². The molecular weight excluding hydrogens is 280 g/mol. The molecule has 20 heavy (non-hydrogen) atoms. The number of hydrogen-bond acceptors (Lipinski definition) is 4. The quantitative estimate of drug-likeness (QED) is 0.889. The number of aromatic hydroxyl groups is 1. The molecule has 0 aliphatic carbocycles. The number of phenols is 1. The zero-order valence-electron chi connectivity index (χ0n) is 11.0. The lowest BCUT2D eigenvalue weighted by molar-refractivity contribution is 0.274. The van der Waals surface area contributed by atoms with Crippen LogP contribution >= 0.6 is 11.6 Å².